The molecule has 2 aromatic heterocycles. The molecule has 2 nitrogen and oxygen atoms in total. The van der Waals surface area contributed by atoms with Gasteiger partial charge in [-0.15, -0.1) is 11.3 Å². The van der Waals surface area contributed by atoms with Gasteiger partial charge in [-0.1, -0.05) is 6.92 Å². The molecule has 0 aliphatic rings. The summed E-state index contributed by atoms with van der Waals surface area (Å²) in [4.78, 5) is 2.89. The van der Waals surface area contributed by atoms with Crippen LogP contribution in [0.2, 0.25) is 0 Å². The van der Waals surface area contributed by atoms with Crippen LogP contribution in [0.25, 0.3) is 0 Å². The summed E-state index contributed by atoms with van der Waals surface area (Å²) >= 11 is 1.90. The van der Waals surface area contributed by atoms with E-state index in [1.807, 2.05) is 11.3 Å². The van der Waals surface area contributed by atoms with Gasteiger partial charge in [-0.2, -0.15) is 0 Å². The van der Waals surface area contributed by atoms with Gasteiger partial charge < -0.3 is 9.88 Å². The third-order valence-corrected chi connectivity index (χ3v) is 3.95. The smallest absolute Gasteiger partial charge is 0.0362 e. The molecule has 16 heavy (non-hydrogen) atoms. The van der Waals surface area contributed by atoms with Gasteiger partial charge in [0, 0.05) is 41.8 Å². The lowest BCUT2D eigenvalue weighted by molar-refractivity contribution is 0.660. The predicted molar refractivity (Wildman–Crippen MR) is 69.7 cm³/mol. The van der Waals surface area contributed by atoms with Crippen LogP contribution in [-0.2, 0) is 26.6 Å². The predicted octanol–water partition coefficient (Wildman–Crippen LogP) is 2.94. The Morgan fingerprint density at radius 3 is 2.62 bits per heavy atom. The van der Waals surface area contributed by atoms with Crippen molar-refractivity contribution in [1.82, 2.24) is 9.88 Å². The summed E-state index contributed by atoms with van der Waals surface area (Å²) in [5.74, 6) is 0. The Hall–Kier alpha value is -1.06. The number of nitrogens with one attached hydrogen (secondary N) is 1. The summed E-state index contributed by atoms with van der Waals surface area (Å²) in [5.41, 5.74) is 1.33. The van der Waals surface area contributed by atoms with Crippen LogP contribution in [0.15, 0.2) is 30.5 Å². The van der Waals surface area contributed by atoms with Crippen LogP contribution in [0.5, 0.6) is 0 Å². The molecule has 0 amide bonds. The molecule has 0 saturated heterocycles. The maximum absolute atomic E-state index is 3.47. The van der Waals surface area contributed by atoms with Crippen molar-refractivity contribution in [3.05, 3.63) is 45.9 Å². The number of nitrogens with zero attached hydrogens (tertiary/aromatic N) is 1. The molecule has 86 valence electrons. The summed E-state index contributed by atoms with van der Waals surface area (Å²) in [5, 5.41) is 3.47. The van der Waals surface area contributed by atoms with E-state index in [2.05, 4.69) is 54.3 Å². The third-order valence-electron chi connectivity index (χ3n) is 2.72. The molecule has 3 heteroatoms. The molecule has 0 atom stereocenters. The van der Waals surface area contributed by atoms with E-state index in [1.54, 1.807) is 0 Å². The zero-order valence-corrected chi connectivity index (χ0v) is 10.7. The van der Waals surface area contributed by atoms with Crippen molar-refractivity contribution in [2.24, 2.45) is 7.05 Å². The fraction of sp³-hybridized carbons (Fsp3) is 0.385. The van der Waals surface area contributed by atoms with Crippen LogP contribution < -0.4 is 5.32 Å². The van der Waals surface area contributed by atoms with Crippen molar-refractivity contribution >= 4 is 11.3 Å². The summed E-state index contributed by atoms with van der Waals surface area (Å²) in [6.07, 6.45) is 3.22. The average molecular weight is 234 g/mol. The minimum absolute atomic E-state index is 0.933. The fourth-order valence-electron chi connectivity index (χ4n) is 1.70. The molecule has 2 aromatic rings. The van der Waals surface area contributed by atoms with E-state index in [1.165, 1.54) is 15.4 Å². The Morgan fingerprint density at radius 1 is 1.19 bits per heavy atom. The van der Waals surface area contributed by atoms with E-state index in [0.717, 1.165) is 19.5 Å². The number of thiophene rings is 1. The van der Waals surface area contributed by atoms with Gasteiger partial charge in [-0.25, -0.2) is 0 Å². The van der Waals surface area contributed by atoms with Crippen molar-refractivity contribution in [3.8, 4) is 0 Å². The molecule has 0 fully saturated rings. The summed E-state index contributed by atoms with van der Waals surface area (Å²) < 4.78 is 2.15. The van der Waals surface area contributed by atoms with Crippen molar-refractivity contribution < 1.29 is 0 Å². The molecule has 0 aliphatic heterocycles. The zero-order chi connectivity index (χ0) is 11.4. The molecule has 0 radical (unpaired) electrons. The SMILES string of the molecule is CCc1ccc(CNCc2cccn2C)s1. The minimum atomic E-state index is 0.933. The highest BCUT2D eigenvalue weighted by molar-refractivity contribution is 7.11. The maximum Gasteiger partial charge on any atom is 0.0362 e. The number of aromatic nitrogens is 1. The average Bonchev–Trinajstić information content (AvgIpc) is 2.89. The highest BCUT2D eigenvalue weighted by Crippen LogP contribution is 2.16. The van der Waals surface area contributed by atoms with Crippen molar-refractivity contribution in [2.75, 3.05) is 0 Å². The summed E-state index contributed by atoms with van der Waals surface area (Å²) in [7, 11) is 2.08. The Kier molecular flexibility index (Phi) is 3.80. The molecule has 2 rings (SSSR count). The van der Waals surface area contributed by atoms with Gasteiger partial charge in [0.1, 0.15) is 0 Å². The molecule has 0 bridgehead atoms. The van der Waals surface area contributed by atoms with E-state index in [9.17, 15) is 0 Å². The first-order chi connectivity index (χ1) is 7.79. The highest BCUT2D eigenvalue weighted by Gasteiger charge is 1.99. The van der Waals surface area contributed by atoms with Crippen LogP contribution in [0.3, 0.4) is 0 Å². The molecule has 2 heterocycles. The van der Waals surface area contributed by atoms with Gasteiger partial charge in [0.15, 0.2) is 0 Å². The van der Waals surface area contributed by atoms with Crippen LogP contribution in [0.4, 0.5) is 0 Å². The molecular weight excluding hydrogens is 216 g/mol. The van der Waals surface area contributed by atoms with Gasteiger partial charge in [0.05, 0.1) is 0 Å². The van der Waals surface area contributed by atoms with E-state index in [0.29, 0.717) is 0 Å². The van der Waals surface area contributed by atoms with Crippen LogP contribution in [0.1, 0.15) is 22.4 Å². The van der Waals surface area contributed by atoms with Gasteiger partial charge in [0.25, 0.3) is 0 Å². The lowest BCUT2D eigenvalue weighted by Gasteiger charge is -2.04. The first kappa shape index (κ1) is 11.4. The second kappa shape index (κ2) is 5.32. The molecular formula is C13H18N2S. The lowest BCUT2D eigenvalue weighted by atomic mass is 10.3. The number of hydrogen-bond donors (Lipinski definition) is 1. The van der Waals surface area contributed by atoms with Crippen molar-refractivity contribution in [1.29, 1.82) is 0 Å². The second-order valence-corrected chi connectivity index (χ2v) is 5.19. The molecule has 0 unspecified atom stereocenters. The molecule has 0 spiro atoms. The van der Waals surface area contributed by atoms with E-state index in [4.69, 9.17) is 0 Å². The van der Waals surface area contributed by atoms with Crippen molar-refractivity contribution in [3.63, 3.8) is 0 Å². The number of hydrogen-bond acceptors (Lipinski definition) is 2. The van der Waals surface area contributed by atoms with Gasteiger partial charge in [0.2, 0.25) is 0 Å². The largest absolute Gasteiger partial charge is 0.353 e. The monoisotopic (exact) mass is 234 g/mol. The number of rotatable bonds is 5. The Bertz CT molecular complexity index is 442. The van der Waals surface area contributed by atoms with Crippen LogP contribution in [0, 0.1) is 0 Å². The zero-order valence-electron chi connectivity index (χ0n) is 9.86. The highest BCUT2D eigenvalue weighted by atomic mass is 32.1. The molecule has 1 N–H and O–H groups in total. The van der Waals surface area contributed by atoms with E-state index >= 15 is 0 Å². The van der Waals surface area contributed by atoms with Crippen LogP contribution >= 0.6 is 11.3 Å². The molecule has 0 aromatic carbocycles. The summed E-state index contributed by atoms with van der Waals surface area (Å²) in [6, 6.07) is 8.68. The first-order valence-electron chi connectivity index (χ1n) is 5.68. The third kappa shape index (κ3) is 2.74. The molecule has 0 aliphatic carbocycles. The normalized spacial score (nSPS) is 10.9. The minimum Gasteiger partial charge on any atom is -0.353 e. The first-order valence-corrected chi connectivity index (χ1v) is 6.49. The van der Waals surface area contributed by atoms with E-state index < -0.39 is 0 Å². The Balaban J connectivity index is 1.82. The summed E-state index contributed by atoms with van der Waals surface area (Å²) in [6.45, 7) is 4.10. The molecule has 0 saturated carbocycles. The quantitative estimate of drug-likeness (QED) is 0.841. The lowest BCUT2D eigenvalue weighted by Crippen LogP contribution is -2.13. The van der Waals surface area contributed by atoms with Gasteiger partial charge in [-0.3, -0.25) is 0 Å². The standard InChI is InChI=1S/C13H18N2S/c1-3-12-6-7-13(16-12)10-14-9-11-5-4-8-15(11)2/h4-8,14H,3,9-10H2,1-2H3. The Morgan fingerprint density at radius 2 is 2.00 bits per heavy atom. The van der Waals surface area contributed by atoms with Gasteiger partial charge >= 0.3 is 0 Å². The van der Waals surface area contributed by atoms with Gasteiger partial charge in [-0.05, 0) is 30.7 Å². The Labute approximate surface area is 101 Å². The van der Waals surface area contributed by atoms with Crippen LogP contribution in [-0.4, -0.2) is 4.57 Å². The topological polar surface area (TPSA) is 17.0 Å². The van der Waals surface area contributed by atoms with E-state index in [-0.39, 0.29) is 0 Å². The fourth-order valence-corrected chi connectivity index (χ4v) is 2.63. The maximum atomic E-state index is 3.47. The second-order valence-electron chi connectivity index (χ2n) is 3.94. The number of aryl methyl sites for hydroxylation is 2. The van der Waals surface area contributed by atoms with Crippen molar-refractivity contribution in [2.45, 2.75) is 26.4 Å².